The van der Waals surface area contributed by atoms with Gasteiger partial charge in [0.15, 0.2) is 0 Å². The molecule has 0 saturated heterocycles. The average molecular weight is 347 g/mol. The Balaban J connectivity index is 2.24. The van der Waals surface area contributed by atoms with E-state index in [0.717, 1.165) is 16.9 Å². The van der Waals surface area contributed by atoms with Crippen LogP contribution in [0.1, 0.15) is 5.56 Å². The highest BCUT2D eigenvalue weighted by atomic mass is 35.5. The molecule has 1 aromatic carbocycles. The number of benzene rings is 1. The first-order chi connectivity index (χ1) is 9.42. The number of sulfonamides is 1. The number of halogens is 2. The molecule has 0 unspecified atom stereocenters. The summed E-state index contributed by atoms with van der Waals surface area (Å²) in [7, 11) is -3.77. The Morgan fingerprint density at radius 2 is 1.90 bits per heavy atom. The van der Waals surface area contributed by atoms with Crippen LogP contribution >= 0.6 is 34.5 Å². The molecule has 0 saturated carbocycles. The number of nitrogens with zero attached hydrogens (tertiary/aromatic N) is 1. The first kappa shape index (κ1) is 15.1. The zero-order chi connectivity index (χ0) is 14.8. The summed E-state index contributed by atoms with van der Waals surface area (Å²) in [4.78, 5) is -0.0460. The smallest absolute Gasteiger partial charge is 0.264 e. The summed E-state index contributed by atoms with van der Waals surface area (Å²) >= 11 is 12.6. The third-order valence-corrected chi connectivity index (χ3v) is 5.54. The summed E-state index contributed by atoms with van der Waals surface area (Å²) in [5, 5.41) is 8.57. The maximum absolute atomic E-state index is 12.1. The van der Waals surface area contributed by atoms with Gasteiger partial charge >= 0.3 is 0 Å². The number of nitriles is 1. The van der Waals surface area contributed by atoms with Crippen molar-refractivity contribution in [3.05, 3.63) is 44.6 Å². The van der Waals surface area contributed by atoms with Crippen LogP contribution in [0.25, 0.3) is 0 Å². The third-order valence-electron chi connectivity index (χ3n) is 2.40. The standard InChI is InChI=1S/C12H8Cl2N2O2S2/c13-11-7-10(12(14)19-11)20(17,18)16-9-3-1-8(2-4-9)5-6-15/h1-4,7,16H,5H2. The second-order valence-corrected chi connectivity index (χ2v) is 7.76. The van der Waals surface area contributed by atoms with Gasteiger partial charge in [0.05, 0.1) is 16.8 Å². The van der Waals surface area contributed by atoms with Gasteiger partial charge in [-0.2, -0.15) is 5.26 Å². The fourth-order valence-electron chi connectivity index (χ4n) is 1.50. The van der Waals surface area contributed by atoms with Gasteiger partial charge in [-0.3, -0.25) is 4.72 Å². The summed E-state index contributed by atoms with van der Waals surface area (Å²) in [6.07, 6.45) is 0.277. The predicted molar refractivity (Wildman–Crippen MR) is 80.9 cm³/mol. The summed E-state index contributed by atoms with van der Waals surface area (Å²) in [5.41, 5.74) is 1.21. The summed E-state index contributed by atoms with van der Waals surface area (Å²) < 4.78 is 27.1. The van der Waals surface area contributed by atoms with Crippen LogP contribution in [0.5, 0.6) is 0 Å². The van der Waals surface area contributed by atoms with Gasteiger partial charge < -0.3 is 0 Å². The lowest BCUT2D eigenvalue weighted by atomic mass is 10.1. The maximum atomic E-state index is 12.1. The molecule has 0 bridgehead atoms. The average Bonchev–Trinajstić information content (AvgIpc) is 2.72. The lowest BCUT2D eigenvalue weighted by molar-refractivity contribution is 0.601. The molecule has 1 N–H and O–H groups in total. The van der Waals surface area contributed by atoms with E-state index in [9.17, 15) is 8.42 Å². The van der Waals surface area contributed by atoms with E-state index in [4.69, 9.17) is 28.5 Å². The van der Waals surface area contributed by atoms with E-state index in [-0.39, 0.29) is 15.7 Å². The SMILES string of the molecule is N#CCc1ccc(NS(=O)(=O)c2cc(Cl)sc2Cl)cc1. The van der Waals surface area contributed by atoms with Crippen LogP contribution < -0.4 is 4.72 Å². The fourth-order valence-corrected chi connectivity index (χ4v) is 4.71. The number of anilines is 1. The van der Waals surface area contributed by atoms with Crippen LogP contribution in [0, 0.1) is 11.3 Å². The second-order valence-electron chi connectivity index (χ2n) is 3.83. The van der Waals surface area contributed by atoms with E-state index >= 15 is 0 Å². The van der Waals surface area contributed by atoms with E-state index in [1.807, 2.05) is 6.07 Å². The van der Waals surface area contributed by atoms with E-state index in [1.165, 1.54) is 6.07 Å². The zero-order valence-electron chi connectivity index (χ0n) is 9.93. The van der Waals surface area contributed by atoms with Gasteiger partial charge in [0, 0.05) is 5.69 Å². The van der Waals surface area contributed by atoms with Crippen molar-refractivity contribution in [2.45, 2.75) is 11.3 Å². The molecule has 104 valence electrons. The molecule has 0 radical (unpaired) electrons. The normalized spacial score (nSPS) is 11.1. The van der Waals surface area contributed by atoms with Gasteiger partial charge in [-0.1, -0.05) is 35.3 Å². The lowest BCUT2D eigenvalue weighted by Gasteiger charge is -2.07. The molecule has 0 atom stereocenters. The molecular weight excluding hydrogens is 339 g/mol. The summed E-state index contributed by atoms with van der Waals surface area (Å²) in [6.45, 7) is 0. The molecule has 2 aromatic rings. The van der Waals surface area contributed by atoms with Gasteiger partial charge in [-0.25, -0.2) is 8.42 Å². The van der Waals surface area contributed by atoms with E-state index < -0.39 is 10.0 Å². The molecule has 0 fully saturated rings. The van der Waals surface area contributed by atoms with Crippen molar-refractivity contribution < 1.29 is 8.42 Å². The van der Waals surface area contributed by atoms with Gasteiger partial charge in [0.2, 0.25) is 0 Å². The minimum absolute atomic E-state index is 0.0460. The van der Waals surface area contributed by atoms with Gasteiger partial charge in [-0.05, 0) is 23.8 Å². The van der Waals surface area contributed by atoms with Gasteiger partial charge in [-0.15, -0.1) is 11.3 Å². The third kappa shape index (κ3) is 3.44. The highest BCUT2D eigenvalue weighted by Crippen LogP contribution is 2.35. The Hall–Kier alpha value is -1.26. The van der Waals surface area contributed by atoms with Crippen molar-refractivity contribution >= 4 is 50.2 Å². The molecule has 1 heterocycles. The Morgan fingerprint density at radius 1 is 1.25 bits per heavy atom. The molecule has 0 aliphatic carbocycles. The van der Waals surface area contributed by atoms with Crippen LogP contribution in [-0.2, 0) is 16.4 Å². The summed E-state index contributed by atoms with van der Waals surface area (Å²) in [6, 6.07) is 9.87. The summed E-state index contributed by atoms with van der Waals surface area (Å²) in [5.74, 6) is 0. The predicted octanol–water partition coefficient (Wildman–Crippen LogP) is 3.92. The van der Waals surface area contributed by atoms with Crippen LogP contribution in [0.4, 0.5) is 5.69 Å². The molecule has 4 nitrogen and oxygen atoms in total. The number of hydrogen-bond acceptors (Lipinski definition) is 4. The molecule has 20 heavy (non-hydrogen) atoms. The van der Waals surface area contributed by atoms with Crippen molar-refractivity contribution in [3.63, 3.8) is 0 Å². The molecular formula is C12H8Cl2N2O2S2. The number of rotatable bonds is 4. The molecule has 2 rings (SSSR count). The highest BCUT2D eigenvalue weighted by molar-refractivity contribution is 7.93. The van der Waals surface area contributed by atoms with Crippen molar-refractivity contribution in [3.8, 4) is 6.07 Å². The molecule has 0 amide bonds. The minimum Gasteiger partial charge on any atom is -0.280 e. The Kier molecular flexibility index (Phi) is 4.55. The van der Waals surface area contributed by atoms with Crippen molar-refractivity contribution in [1.82, 2.24) is 0 Å². The largest absolute Gasteiger partial charge is 0.280 e. The topological polar surface area (TPSA) is 70.0 Å². The van der Waals surface area contributed by atoms with E-state index in [0.29, 0.717) is 10.0 Å². The first-order valence-corrected chi connectivity index (χ1v) is 8.41. The van der Waals surface area contributed by atoms with Crippen LogP contribution in [0.3, 0.4) is 0 Å². The Morgan fingerprint density at radius 3 is 2.40 bits per heavy atom. The fraction of sp³-hybridized carbons (Fsp3) is 0.0833. The zero-order valence-corrected chi connectivity index (χ0v) is 13.1. The number of hydrogen-bond donors (Lipinski definition) is 1. The van der Waals surface area contributed by atoms with E-state index in [1.54, 1.807) is 24.3 Å². The molecule has 0 spiro atoms. The molecule has 0 aliphatic rings. The Bertz CT molecular complexity index is 762. The monoisotopic (exact) mass is 346 g/mol. The van der Waals surface area contributed by atoms with Crippen molar-refractivity contribution in [2.75, 3.05) is 4.72 Å². The van der Waals surface area contributed by atoms with Crippen molar-refractivity contribution in [2.24, 2.45) is 0 Å². The number of thiophene rings is 1. The van der Waals surface area contributed by atoms with Crippen LogP contribution in [0.2, 0.25) is 8.67 Å². The van der Waals surface area contributed by atoms with E-state index in [2.05, 4.69) is 4.72 Å². The highest BCUT2D eigenvalue weighted by Gasteiger charge is 2.21. The minimum atomic E-state index is -3.77. The van der Waals surface area contributed by atoms with Crippen LogP contribution in [-0.4, -0.2) is 8.42 Å². The number of nitrogens with one attached hydrogen (secondary N) is 1. The van der Waals surface area contributed by atoms with Gasteiger partial charge in [0.25, 0.3) is 10.0 Å². The quantitative estimate of drug-likeness (QED) is 0.911. The maximum Gasteiger partial charge on any atom is 0.264 e. The second kappa shape index (κ2) is 6.02. The van der Waals surface area contributed by atoms with Gasteiger partial charge in [0.1, 0.15) is 9.23 Å². The van der Waals surface area contributed by atoms with Crippen LogP contribution in [0.15, 0.2) is 35.2 Å². The Labute approximate surface area is 130 Å². The molecule has 1 aromatic heterocycles. The lowest BCUT2D eigenvalue weighted by Crippen LogP contribution is -2.12. The van der Waals surface area contributed by atoms with Crippen molar-refractivity contribution in [1.29, 1.82) is 5.26 Å². The molecule has 0 aliphatic heterocycles. The molecule has 8 heteroatoms. The first-order valence-electron chi connectivity index (χ1n) is 5.36.